The maximum absolute atomic E-state index is 11.7. The third-order valence-electron chi connectivity index (χ3n) is 3.06. The van der Waals surface area contributed by atoms with E-state index in [1.54, 1.807) is 18.3 Å². The molecule has 0 aliphatic heterocycles. The number of unbranched alkanes of at least 4 members (excludes halogenated alkanes) is 1. The standard InChI is InChI=1S/C15H20N6O3/c1-2-3-9-17-15(23)20-19-12(22)7-8-13-18-14(21-24-13)11-6-4-5-10-16-11/h4-6,10H,2-3,7-9H2,1H3,(H,19,22)(H2,17,20,23). The van der Waals surface area contributed by atoms with Gasteiger partial charge in [0.15, 0.2) is 0 Å². The first-order chi connectivity index (χ1) is 11.7. The Labute approximate surface area is 139 Å². The lowest BCUT2D eigenvalue weighted by Gasteiger charge is -2.07. The Morgan fingerprint density at radius 3 is 2.88 bits per heavy atom. The van der Waals surface area contributed by atoms with E-state index in [9.17, 15) is 9.59 Å². The van der Waals surface area contributed by atoms with Gasteiger partial charge in [-0.3, -0.25) is 15.2 Å². The van der Waals surface area contributed by atoms with Gasteiger partial charge in [-0.15, -0.1) is 0 Å². The number of aryl methyl sites for hydroxylation is 1. The fourth-order valence-electron chi connectivity index (χ4n) is 1.79. The number of amides is 3. The highest BCUT2D eigenvalue weighted by molar-refractivity contribution is 5.81. The molecule has 128 valence electrons. The van der Waals surface area contributed by atoms with E-state index < -0.39 is 6.03 Å². The Kier molecular flexibility index (Phi) is 6.69. The molecule has 0 aliphatic rings. The molecular weight excluding hydrogens is 312 g/mol. The summed E-state index contributed by atoms with van der Waals surface area (Å²) in [6.45, 7) is 2.59. The normalized spacial score (nSPS) is 10.2. The number of carbonyl (C=O) groups is 2. The van der Waals surface area contributed by atoms with Gasteiger partial charge in [-0.25, -0.2) is 10.2 Å². The van der Waals surface area contributed by atoms with Crippen LogP contribution in [0, 0.1) is 0 Å². The summed E-state index contributed by atoms with van der Waals surface area (Å²) in [6.07, 6.45) is 3.88. The summed E-state index contributed by atoms with van der Waals surface area (Å²) in [5.41, 5.74) is 5.20. The quantitative estimate of drug-likeness (QED) is 0.517. The molecule has 0 saturated carbocycles. The number of pyridine rings is 1. The van der Waals surface area contributed by atoms with Crippen LogP contribution in [0.25, 0.3) is 11.5 Å². The van der Waals surface area contributed by atoms with Crippen molar-refractivity contribution in [2.45, 2.75) is 32.6 Å². The number of aromatic nitrogens is 3. The number of hydrazine groups is 1. The van der Waals surface area contributed by atoms with Crippen molar-refractivity contribution >= 4 is 11.9 Å². The van der Waals surface area contributed by atoms with Crippen LogP contribution < -0.4 is 16.2 Å². The number of nitrogens with zero attached hydrogens (tertiary/aromatic N) is 3. The second-order valence-electron chi connectivity index (χ2n) is 5.01. The highest BCUT2D eigenvalue weighted by atomic mass is 16.5. The molecule has 2 rings (SSSR count). The van der Waals surface area contributed by atoms with E-state index in [-0.39, 0.29) is 18.7 Å². The van der Waals surface area contributed by atoms with Gasteiger partial charge in [-0.05, 0) is 18.6 Å². The van der Waals surface area contributed by atoms with Crippen LogP contribution in [0.1, 0.15) is 32.1 Å². The van der Waals surface area contributed by atoms with Crippen molar-refractivity contribution in [2.75, 3.05) is 6.54 Å². The SMILES string of the molecule is CCCCNC(=O)NNC(=O)CCc1nc(-c2ccccn2)no1. The predicted octanol–water partition coefficient (Wildman–Crippen LogP) is 1.19. The van der Waals surface area contributed by atoms with Gasteiger partial charge in [0, 0.05) is 25.6 Å². The van der Waals surface area contributed by atoms with Crippen LogP contribution in [-0.4, -0.2) is 33.6 Å². The zero-order valence-corrected chi connectivity index (χ0v) is 13.4. The average Bonchev–Trinajstić information content (AvgIpc) is 3.08. The molecule has 0 aliphatic carbocycles. The lowest BCUT2D eigenvalue weighted by atomic mass is 10.3. The molecule has 0 radical (unpaired) electrons. The zero-order valence-electron chi connectivity index (χ0n) is 13.4. The molecule has 2 aromatic rings. The molecule has 0 atom stereocenters. The molecule has 2 aromatic heterocycles. The number of hydrogen-bond donors (Lipinski definition) is 3. The average molecular weight is 332 g/mol. The van der Waals surface area contributed by atoms with Crippen LogP contribution >= 0.6 is 0 Å². The van der Waals surface area contributed by atoms with Gasteiger partial charge in [-0.2, -0.15) is 4.98 Å². The monoisotopic (exact) mass is 332 g/mol. The minimum Gasteiger partial charge on any atom is -0.339 e. The molecular formula is C15H20N6O3. The molecule has 2 heterocycles. The van der Waals surface area contributed by atoms with E-state index in [1.807, 2.05) is 13.0 Å². The maximum Gasteiger partial charge on any atom is 0.333 e. The topological polar surface area (TPSA) is 122 Å². The fourth-order valence-corrected chi connectivity index (χ4v) is 1.79. The summed E-state index contributed by atoms with van der Waals surface area (Å²) in [5, 5.41) is 6.44. The molecule has 24 heavy (non-hydrogen) atoms. The van der Waals surface area contributed by atoms with Gasteiger partial charge in [0.1, 0.15) is 5.69 Å². The van der Waals surface area contributed by atoms with Crippen molar-refractivity contribution in [2.24, 2.45) is 0 Å². The van der Waals surface area contributed by atoms with Crippen LogP contribution in [0.3, 0.4) is 0 Å². The van der Waals surface area contributed by atoms with Crippen molar-refractivity contribution in [1.29, 1.82) is 0 Å². The summed E-state index contributed by atoms with van der Waals surface area (Å²) in [7, 11) is 0. The van der Waals surface area contributed by atoms with Crippen molar-refractivity contribution in [1.82, 2.24) is 31.3 Å². The number of urea groups is 1. The zero-order chi connectivity index (χ0) is 17.2. The van der Waals surface area contributed by atoms with Gasteiger partial charge < -0.3 is 9.84 Å². The smallest absolute Gasteiger partial charge is 0.333 e. The highest BCUT2D eigenvalue weighted by Crippen LogP contribution is 2.12. The molecule has 9 heteroatoms. The minimum absolute atomic E-state index is 0.110. The third kappa shape index (κ3) is 5.67. The molecule has 3 N–H and O–H groups in total. The Balaban J connectivity index is 1.71. The van der Waals surface area contributed by atoms with Crippen LogP contribution in [0.4, 0.5) is 4.79 Å². The van der Waals surface area contributed by atoms with Gasteiger partial charge in [0.05, 0.1) is 0 Å². The largest absolute Gasteiger partial charge is 0.339 e. The summed E-state index contributed by atoms with van der Waals surface area (Å²) in [5.74, 6) is 0.357. The van der Waals surface area contributed by atoms with E-state index in [1.165, 1.54) is 0 Å². The number of carbonyl (C=O) groups excluding carboxylic acids is 2. The summed E-state index contributed by atoms with van der Waals surface area (Å²) in [6, 6.07) is 4.94. The summed E-state index contributed by atoms with van der Waals surface area (Å²) in [4.78, 5) is 31.3. The van der Waals surface area contributed by atoms with E-state index in [2.05, 4.69) is 31.3 Å². The number of rotatable bonds is 7. The number of nitrogens with one attached hydrogen (secondary N) is 3. The molecule has 3 amide bonds. The van der Waals surface area contributed by atoms with Crippen LogP contribution in [-0.2, 0) is 11.2 Å². The molecule has 0 saturated heterocycles. The molecule has 0 spiro atoms. The minimum atomic E-state index is -0.438. The molecule has 0 bridgehead atoms. The lowest BCUT2D eigenvalue weighted by molar-refractivity contribution is -0.121. The van der Waals surface area contributed by atoms with Crippen LogP contribution in [0.2, 0.25) is 0 Å². The van der Waals surface area contributed by atoms with Gasteiger partial charge in [-0.1, -0.05) is 24.6 Å². The van der Waals surface area contributed by atoms with E-state index in [0.717, 1.165) is 12.8 Å². The predicted molar refractivity (Wildman–Crippen MR) is 85.4 cm³/mol. The van der Waals surface area contributed by atoms with Gasteiger partial charge in [0.25, 0.3) is 0 Å². The van der Waals surface area contributed by atoms with Crippen molar-refractivity contribution < 1.29 is 14.1 Å². The van der Waals surface area contributed by atoms with Gasteiger partial charge >= 0.3 is 6.03 Å². The third-order valence-corrected chi connectivity index (χ3v) is 3.06. The molecule has 0 aromatic carbocycles. The first kappa shape index (κ1) is 17.4. The first-order valence-electron chi connectivity index (χ1n) is 7.75. The Bertz CT molecular complexity index is 658. The van der Waals surface area contributed by atoms with Gasteiger partial charge in [0.2, 0.25) is 17.6 Å². The fraction of sp³-hybridized carbons (Fsp3) is 0.400. The lowest BCUT2D eigenvalue weighted by Crippen LogP contribution is -2.47. The Morgan fingerprint density at radius 1 is 1.25 bits per heavy atom. The van der Waals surface area contributed by atoms with Crippen molar-refractivity contribution in [3.63, 3.8) is 0 Å². The van der Waals surface area contributed by atoms with Crippen molar-refractivity contribution in [3.05, 3.63) is 30.3 Å². The summed E-state index contributed by atoms with van der Waals surface area (Å²) < 4.78 is 5.08. The summed E-state index contributed by atoms with van der Waals surface area (Å²) >= 11 is 0. The van der Waals surface area contributed by atoms with E-state index in [4.69, 9.17) is 4.52 Å². The molecule has 9 nitrogen and oxygen atoms in total. The number of hydrogen-bond acceptors (Lipinski definition) is 6. The highest BCUT2D eigenvalue weighted by Gasteiger charge is 2.11. The second-order valence-corrected chi connectivity index (χ2v) is 5.01. The van der Waals surface area contributed by atoms with E-state index in [0.29, 0.717) is 24.0 Å². The van der Waals surface area contributed by atoms with Crippen LogP contribution in [0.5, 0.6) is 0 Å². The molecule has 0 fully saturated rings. The second kappa shape index (κ2) is 9.23. The van der Waals surface area contributed by atoms with Crippen molar-refractivity contribution in [3.8, 4) is 11.5 Å². The maximum atomic E-state index is 11.7. The Morgan fingerprint density at radius 2 is 2.12 bits per heavy atom. The molecule has 0 unspecified atom stereocenters. The first-order valence-corrected chi connectivity index (χ1v) is 7.75. The van der Waals surface area contributed by atoms with Crippen LogP contribution in [0.15, 0.2) is 28.9 Å². The Hall–Kier alpha value is -2.97. The van der Waals surface area contributed by atoms with E-state index >= 15 is 0 Å².